The van der Waals surface area contributed by atoms with Crippen LogP contribution in [0.2, 0.25) is 0 Å². The van der Waals surface area contributed by atoms with Crippen LogP contribution in [0.3, 0.4) is 0 Å². The molecule has 6 nitrogen and oxygen atoms in total. The van der Waals surface area contributed by atoms with Gasteiger partial charge in [0.25, 0.3) is 0 Å². The van der Waals surface area contributed by atoms with Crippen LogP contribution in [0.4, 0.5) is 0 Å². The van der Waals surface area contributed by atoms with E-state index in [2.05, 4.69) is 31.0 Å². The highest BCUT2D eigenvalue weighted by molar-refractivity contribution is 6.02. The van der Waals surface area contributed by atoms with E-state index < -0.39 is 0 Å². The van der Waals surface area contributed by atoms with Crippen molar-refractivity contribution < 1.29 is 14.1 Å². The second kappa shape index (κ2) is 7.39. The van der Waals surface area contributed by atoms with Gasteiger partial charge in [0.2, 0.25) is 11.5 Å². The van der Waals surface area contributed by atoms with Crippen molar-refractivity contribution in [2.24, 2.45) is 22.7 Å². The monoisotopic (exact) mass is 433 g/mol. The molecule has 3 heterocycles. The molecule has 0 aromatic carbocycles. The predicted molar refractivity (Wildman–Crippen MR) is 121 cm³/mol. The van der Waals surface area contributed by atoms with Gasteiger partial charge in [0.15, 0.2) is 5.78 Å². The zero-order valence-corrected chi connectivity index (χ0v) is 19.3. The molecule has 5 rings (SSSR count). The van der Waals surface area contributed by atoms with E-state index in [1.807, 2.05) is 31.3 Å². The highest BCUT2D eigenvalue weighted by Gasteiger charge is 2.60. The third-order valence-electron chi connectivity index (χ3n) is 8.87. The van der Waals surface area contributed by atoms with Crippen molar-refractivity contribution >= 4 is 17.1 Å². The average molecular weight is 434 g/mol. The summed E-state index contributed by atoms with van der Waals surface area (Å²) in [6, 6.07) is 7.39. The Bertz CT molecular complexity index is 1190. The van der Waals surface area contributed by atoms with E-state index in [4.69, 9.17) is 4.52 Å². The van der Waals surface area contributed by atoms with E-state index >= 15 is 0 Å². The number of nitrogens with zero attached hydrogens (tertiary/aromatic N) is 3. The molecule has 0 spiro atoms. The Morgan fingerprint density at radius 2 is 2.06 bits per heavy atom. The lowest BCUT2D eigenvalue weighted by Gasteiger charge is -2.33. The normalized spacial score (nSPS) is 30.1. The van der Waals surface area contributed by atoms with Crippen molar-refractivity contribution in [3.63, 3.8) is 0 Å². The molecule has 3 aromatic heterocycles. The van der Waals surface area contributed by atoms with Crippen LogP contribution >= 0.6 is 0 Å². The third kappa shape index (κ3) is 3.23. The topological polar surface area (TPSA) is 77.5 Å². The van der Waals surface area contributed by atoms with Crippen molar-refractivity contribution in [1.29, 1.82) is 0 Å². The molecule has 0 unspecified atom stereocenters. The van der Waals surface area contributed by atoms with Crippen LogP contribution in [0, 0.1) is 22.7 Å². The highest BCUT2D eigenvalue weighted by atomic mass is 16.5. The first kappa shape index (κ1) is 21.1. The van der Waals surface area contributed by atoms with Crippen LogP contribution in [0.1, 0.15) is 92.3 Å². The summed E-state index contributed by atoms with van der Waals surface area (Å²) in [7, 11) is 0. The van der Waals surface area contributed by atoms with Gasteiger partial charge in [-0.05, 0) is 54.1 Å². The quantitative estimate of drug-likeness (QED) is 0.444. The van der Waals surface area contributed by atoms with Crippen molar-refractivity contribution in [3.8, 4) is 0 Å². The molecule has 0 aliphatic heterocycles. The van der Waals surface area contributed by atoms with E-state index in [1.165, 1.54) is 12.8 Å². The minimum Gasteiger partial charge on any atom is -0.353 e. The first-order valence-electron chi connectivity index (χ1n) is 11.7. The molecule has 5 atom stereocenters. The summed E-state index contributed by atoms with van der Waals surface area (Å²) in [4.78, 5) is 25.9. The lowest BCUT2D eigenvalue weighted by molar-refractivity contribution is 0.0848. The highest BCUT2D eigenvalue weighted by Crippen LogP contribution is 2.68. The summed E-state index contributed by atoms with van der Waals surface area (Å²) < 4.78 is 7.13. The van der Waals surface area contributed by atoms with Gasteiger partial charge in [0.1, 0.15) is 0 Å². The van der Waals surface area contributed by atoms with Crippen LogP contribution in [0.15, 0.2) is 41.2 Å². The van der Waals surface area contributed by atoms with E-state index in [9.17, 15) is 9.59 Å². The fourth-order valence-corrected chi connectivity index (χ4v) is 6.34. The molecule has 0 saturated heterocycles. The Kier molecular flexibility index (Phi) is 4.88. The lowest BCUT2D eigenvalue weighted by atomic mass is 9.71. The zero-order valence-electron chi connectivity index (χ0n) is 19.3. The molecule has 2 aliphatic carbocycles. The van der Waals surface area contributed by atoms with Crippen LogP contribution in [0.25, 0.3) is 5.52 Å². The van der Waals surface area contributed by atoms with Crippen molar-refractivity contribution in [2.45, 2.75) is 65.7 Å². The van der Waals surface area contributed by atoms with E-state index in [0.717, 1.165) is 11.9 Å². The molecule has 2 aliphatic rings. The van der Waals surface area contributed by atoms with Crippen LogP contribution in [-0.4, -0.2) is 26.3 Å². The maximum Gasteiger partial charge on any atom is 0.202 e. The molecule has 6 heteroatoms. The van der Waals surface area contributed by atoms with Gasteiger partial charge in [-0.1, -0.05) is 38.9 Å². The SMILES string of the molecule is C[C@@H]1[C@]2(C)CC[C@@]1(C)[C@@H](CC(=O)c1cc([C@@H](C)CC(=O)c3cnn4ccccc34)no1)C2. The van der Waals surface area contributed by atoms with Crippen molar-refractivity contribution in [3.05, 3.63) is 53.7 Å². The zero-order chi connectivity index (χ0) is 22.7. The molecule has 0 radical (unpaired) electrons. The molecule has 3 aromatic rings. The van der Waals surface area contributed by atoms with E-state index in [0.29, 0.717) is 40.7 Å². The maximum atomic E-state index is 13.0. The Morgan fingerprint density at radius 1 is 1.25 bits per heavy atom. The number of pyridine rings is 1. The molecular weight excluding hydrogens is 402 g/mol. The van der Waals surface area contributed by atoms with Gasteiger partial charge < -0.3 is 4.52 Å². The number of hydrogen-bond acceptors (Lipinski definition) is 5. The van der Waals surface area contributed by atoms with Gasteiger partial charge >= 0.3 is 0 Å². The first-order chi connectivity index (χ1) is 15.2. The number of aromatic nitrogens is 3. The van der Waals surface area contributed by atoms with E-state index in [-0.39, 0.29) is 29.3 Å². The molecule has 2 fully saturated rings. The van der Waals surface area contributed by atoms with Crippen LogP contribution in [-0.2, 0) is 0 Å². The second-order valence-corrected chi connectivity index (χ2v) is 10.6. The van der Waals surface area contributed by atoms with Gasteiger partial charge in [0, 0.05) is 31.0 Å². The standard InChI is InChI=1S/C26H31N3O3/c1-16(11-22(30)19-15-27-29-10-6-5-7-21(19)29)20-13-24(32-28-20)23(31)12-18-14-25(3)8-9-26(18,4)17(25)2/h5-7,10,13,15-18H,8-9,11-12,14H2,1-4H3/t16-,17+,18-,25+,26+/m0/s1. The maximum absolute atomic E-state index is 13.0. The molecule has 0 N–H and O–H groups in total. The van der Waals surface area contributed by atoms with Gasteiger partial charge in [-0.3, -0.25) is 9.59 Å². The second-order valence-electron chi connectivity index (χ2n) is 10.6. The van der Waals surface area contributed by atoms with Crippen LogP contribution in [0.5, 0.6) is 0 Å². The number of carbonyl (C=O) groups excluding carboxylic acids is 2. The van der Waals surface area contributed by atoms with E-state index in [1.54, 1.807) is 16.8 Å². The van der Waals surface area contributed by atoms with Crippen molar-refractivity contribution in [1.82, 2.24) is 14.8 Å². The fourth-order valence-electron chi connectivity index (χ4n) is 6.34. The fraction of sp³-hybridized carbons (Fsp3) is 0.538. The first-order valence-corrected chi connectivity index (χ1v) is 11.7. The summed E-state index contributed by atoms with van der Waals surface area (Å²) in [5, 5.41) is 8.38. The smallest absolute Gasteiger partial charge is 0.202 e. The summed E-state index contributed by atoms with van der Waals surface area (Å²) in [5.41, 5.74) is 2.64. The number of fused-ring (bicyclic) bond motifs is 3. The molecule has 32 heavy (non-hydrogen) atoms. The summed E-state index contributed by atoms with van der Waals surface area (Å²) >= 11 is 0. The Balaban J connectivity index is 1.25. The van der Waals surface area contributed by atoms with Gasteiger partial charge in [-0.2, -0.15) is 5.10 Å². The lowest BCUT2D eigenvalue weighted by Crippen LogP contribution is -2.27. The Hall–Kier alpha value is -2.76. The molecule has 168 valence electrons. The Labute approximate surface area is 188 Å². The minimum atomic E-state index is -0.148. The number of Topliss-reactive ketones (excluding diaryl/α,β-unsaturated/α-hetero) is 2. The molecule has 2 bridgehead atoms. The van der Waals surface area contributed by atoms with Crippen LogP contribution < -0.4 is 0 Å². The molecular formula is C26H31N3O3. The van der Waals surface area contributed by atoms with Gasteiger partial charge in [-0.15, -0.1) is 0 Å². The minimum absolute atomic E-state index is 0.00622. The largest absolute Gasteiger partial charge is 0.353 e. The van der Waals surface area contributed by atoms with Gasteiger partial charge in [-0.25, -0.2) is 4.52 Å². The third-order valence-corrected chi connectivity index (χ3v) is 8.87. The summed E-state index contributed by atoms with van der Waals surface area (Å²) in [6.45, 7) is 9.03. The summed E-state index contributed by atoms with van der Waals surface area (Å²) in [5.74, 6) is 1.24. The van der Waals surface area contributed by atoms with Gasteiger partial charge in [0.05, 0.1) is 23.0 Å². The molecule has 0 amide bonds. The van der Waals surface area contributed by atoms with Crippen molar-refractivity contribution in [2.75, 3.05) is 0 Å². The number of ketones is 2. The average Bonchev–Trinajstić information content (AvgIpc) is 3.50. The predicted octanol–water partition coefficient (Wildman–Crippen LogP) is 5.73. The Morgan fingerprint density at radius 3 is 2.78 bits per heavy atom. The number of carbonyl (C=O) groups is 2. The summed E-state index contributed by atoms with van der Waals surface area (Å²) in [6.07, 6.45) is 7.81. The molecule has 2 saturated carbocycles. The number of hydrogen-bond donors (Lipinski definition) is 0. The number of rotatable bonds is 7.